The summed E-state index contributed by atoms with van der Waals surface area (Å²) in [6.07, 6.45) is 5.79. The Hall–Kier alpha value is -1.23. The van der Waals surface area contributed by atoms with E-state index in [-0.39, 0.29) is 5.54 Å². The Labute approximate surface area is 152 Å². The van der Waals surface area contributed by atoms with E-state index in [4.69, 9.17) is 9.73 Å². The van der Waals surface area contributed by atoms with Crippen LogP contribution in [0.25, 0.3) is 0 Å². The van der Waals surface area contributed by atoms with Crippen molar-refractivity contribution >= 4 is 5.71 Å². The summed E-state index contributed by atoms with van der Waals surface area (Å²) in [6, 6.07) is 0. The third kappa shape index (κ3) is 3.97. The van der Waals surface area contributed by atoms with Crippen LogP contribution in [0.15, 0.2) is 39.4 Å². The van der Waals surface area contributed by atoms with Crippen molar-refractivity contribution in [2.45, 2.75) is 39.7 Å². The molecule has 2 aliphatic heterocycles. The molecule has 138 valence electrons. The summed E-state index contributed by atoms with van der Waals surface area (Å²) in [7, 11) is 1.94. The zero-order valence-corrected chi connectivity index (χ0v) is 16.6. The van der Waals surface area contributed by atoms with Crippen molar-refractivity contribution in [2.75, 3.05) is 53.0 Å². The topological polar surface area (TPSA) is 28.1 Å². The number of ether oxygens (including phenoxy) is 1. The van der Waals surface area contributed by atoms with Gasteiger partial charge in [0.1, 0.15) is 0 Å². The van der Waals surface area contributed by atoms with Crippen LogP contribution in [0.2, 0.25) is 0 Å². The summed E-state index contributed by atoms with van der Waals surface area (Å²) in [5, 5.41) is 0. The van der Waals surface area contributed by atoms with Gasteiger partial charge in [0.15, 0.2) is 0 Å². The maximum absolute atomic E-state index is 5.51. The van der Waals surface area contributed by atoms with Crippen molar-refractivity contribution in [3.05, 3.63) is 34.4 Å². The largest absolute Gasteiger partial charge is 0.379 e. The van der Waals surface area contributed by atoms with E-state index in [1.54, 1.807) is 0 Å². The zero-order chi connectivity index (χ0) is 18.0. The van der Waals surface area contributed by atoms with Crippen LogP contribution in [0, 0.1) is 0 Å². The van der Waals surface area contributed by atoms with Crippen molar-refractivity contribution in [1.29, 1.82) is 0 Å². The van der Waals surface area contributed by atoms with Gasteiger partial charge in [0.2, 0.25) is 0 Å². The molecule has 0 aromatic rings. The molecule has 4 nitrogen and oxygen atoms in total. The van der Waals surface area contributed by atoms with Gasteiger partial charge < -0.3 is 4.74 Å². The molecular formula is C21H33N3O. The second-order valence-electron chi connectivity index (χ2n) is 8.18. The SMILES string of the molecule is C/C=C1/C(CN2CCOCC2)=CC2=C(CCN(C(C)(C)C)C2)C1=NC. The van der Waals surface area contributed by atoms with Crippen LogP contribution in [-0.2, 0) is 4.74 Å². The predicted molar refractivity (Wildman–Crippen MR) is 105 cm³/mol. The smallest absolute Gasteiger partial charge is 0.0678 e. The third-order valence-corrected chi connectivity index (χ3v) is 5.57. The van der Waals surface area contributed by atoms with E-state index < -0.39 is 0 Å². The van der Waals surface area contributed by atoms with Gasteiger partial charge in [-0.05, 0) is 50.8 Å². The Morgan fingerprint density at radius 2 is 1.92 bits per heavy atom. The van der Waals surface area contributed by atoms with E-state index in [1.807, 2.05) is 7.05 Å². The van der Waals surface area contributed by atoms with Gasteiger partial charge in [-0.2, -0.15) is 0 Å². The Morgan fingerprint density at radius 1 is 1.20 bits per heavy atom. The number of aliphatic imine (C=N–C) groups is 1. The first-order chi connectivity index (χ1) is 11.9. The monoisotopic (exact) mass is 343 g/mol. The van der Waals surface area contributed by atoms with E-state index in [2.05, 4.69) is 49.6 Å². The van der Waals surface area contributed by atoms with Crippen LogP contribution in [0.1, 0.15) is 34.1 Å². The van der Waals surface area contributed by atoms with Crippen LogP contribution < -0.4 is 0 Å². The van der Waals surface area contributed by atoms with Gasteiger partial charge in [0.05, 0.1) is 18.9 Å². The van der Waals surface area contributed by atoms with E-state index in [1.165, 1.54) is 28.0 Å². The molecule has 0 saturated carbocycles. The minimum Gasteiger partial charge on any atom is -0.379 e. The van der Waals surface area contributed by atoms with Crippen LogP contribution in [0.3, 0.4) is 0 Å². The maximum Gasteiger partial charge on any atom is 0.0678 e. The molecule has 0 unspecified atom stereocenters. The predicted octanol–water partition coefficient (Wildman–Crippen LogP) is 3.08. The number of allylic oxidation sites excluding steroid dienone is 1. The quantitative estimate of drug-likeness (QED) is 0.771. The number of rotatable bonds is 2. The molecule has 0 atom stereocenters. The third-order valence-electron chi connectivity index (χ3n) is 5.57. The highest BCUT2D eigenvalue weighted by atomic mass is 16.5. The van der Waals surface area contributed by atoms with E-state index in [9.17, 15) is 0 Å². The Bertz CT molecular complexity index is 628. The first kappa shape index (κ1) is 18.6. The molecule has 1 aliphatic carbocycles. The fourth-order valence-electron chi connectivity index (χ4n) is 4.07. The lowest BCUT2D eigenvalue weighted by Crippen LogP contribution is -2.46. The summed E-state index contributed by atoms with van der Waals surface area (Å²) in [5.41, 5.74) is 7.10. The molecule has 0 N–H and O–H groups in total. The maximum atomic E-state index is 5.51. The molecular weight excluding hydrogens is 310 g/mol. The minimum atomic E-state index is 0.209. The van der Waals surface area contributed by atoms with Gasteiger partial charge in [-0.25, -0.2) is 0 Å². The highest BCUT2D eigenvalue weighted by molar-refractivity contribution is 6.17. The van der Waals surface area contributed by atoms with Gasteiger partial charge in [-0.3, -0.25) is 14.8 Å². The first-order valence-electron chi connectivity index (χ1n) is 9.56. The lowest BCUT2D eigenvalue weighted by Gasteiger charge is -2.41. The number of nitrogens with zero attached hydrogens (tertiary/aromatic N) is 3. The molecule has 0 aromatic carbocycles. The van der Waals surface area contributed by atoms with Crippen LogP contribution in [-0.4, -0.2) is 74.0 Å². The van der Waals surface area contributed by atoms with Crippen molar-refractivity contribution in [3.63, 3.8) is 0 Å². The van der Waals surface area contributed by atoms with Gasteiger partial charge >= 0.3 is 0 Å². The van der Waals surface area contributed by atoms with E-state index in [0.717, 1.165) is 52.4 Å². The molecule has 1 fully saturated rings. The van der Waals surface area contributed by atoms with Gasteiger partial charge in [0.25, 0.3) is 0 Å². The fraction of sp³-hybridized carbons (Fsp3) is 0.667. The van der Waals surface area contributed by atoms with E-state index >= 15 is 0 Å². The normalized spacial score (nSPS) is 27.0. The fourth-order valence-corrected chi connectivity index (χ4v) is 4.07. The summed E-state index contributed by atoms with van der Waals surface area (Å²) in [6.45, 7) is 16.0. The molecule has 1 saturated heterocycles. The standard InChI is InChI=1S/C21H33N3O/c1-6-18-16(14-23-9-11-25-12-10-23)13-17-15-24(21(2,3)4)8-7-19(17)20(18)22-5/h6,13H,7-12,14-15H2,1-5H3/b18-6-,22-20?. The highest BCUT2D eigenvalue weighted by Crippen LogP contribution is 2.34. The highest BCUT2D eigenvalue weighted by Gasteiger charge is 2.32. The number of morpholine rings is 1. The minimum absolute atomic E-state index is 0.209. The summed E-state index contributed by atoms with van der Waals surface area (Å²) in [5.74, 6) is 0. The van der Waals surface area contributed by atoms with Crippen molar-refractivity contribution < 1.29 is 4.74 Å². The lowest BCUT2D eigenvalue weighted by molar-refractivity contribution is 0.0425. The summed E-state index contributed by atoms with van der Waals surface area (Å²) < 4.78 is 5.51. The van der Waals surface area contributed by atoms with Crippen molar-refractivity contribution in [2.24, 2.45) is 4.99 Å². The zero-order valence-electron chi connectivity index (χ0n) is 16.6. The molecule has 0 aromatic heterocycles. The second kappa shape index (κ2) is 7.56. The average molecular weight is 344 g/mol. The first-order valence-corrected chi connectivity index (χ1v) is 9.56. The van der Waals surface area contributed by atoms with Crippen LogP contribution in [0.5, 0.6) is 0 Å². The van der Waals surface area contributed by atoms with Gasteiger partial charge in [-0.15, -0.1) is 0 Å². The molecule has 25 heavy (non-hydrogen) atoms. The molecule has 0 bridgehead atoms. The van der Waals surface area contributed by atoms with E-state index in [0.29, 0.717) is 0 Å². The molecule has 2 heterocycles. The molecule has 0 spiro atoms. The summed E-state index contributed by atoms with van der Waals surface area (Å²) in [4.78, 5) is 9.79. The average Bonchev–Trinajstić information content (AvgIpc) is 2.60. The van der Waals surface area contributed by atoms with Crippen molar-refractivity contribution in [1.82, 2.24) is 9.80 Å². The van der Waals surface area contributed by atoms with Crippen molar-refractivity contribution in [3.8, 4) is 0 Å². The van der Waals surface area contributed by atoms with Gasteiger partial charge in [-0.1, -0.05) is 12.2 Å². The number of hydrogen-bond acceptors (Lipinski definition) is 4. The lowest BCUT2D eigenvalue weighted by atomic mass is 9.81. The molecule has 0 amide bonds. The molecule has 4 heteroatoms. The second-order valence-corrected chi connectivity index (χ2v) is 8.18. The Kier molecular flexibility index (Phi) is 5.62. The molecule has 3 rings (SSSR count). The van der Waals surface area contributed by atoms with Gasteiger partial charge in [0, 0.05) is 50.9 Å². The Balaban J connectivity index is 1.91. The Morgan fingerprint density at radius 3 is 2.52 bits per heavy atom. The molecule has 3 aliphatic rings. The van der Waals surface area contributed by atoms with Crippen LogP contribution >= 0.6 is 0 Å². The molecule has 0 radical (unpaired) electrons. The van der Waals surface area contributed by atoms with Crippen LogP contribution in [0.4, 0.5) is 0 Å². The number of hydrogen-bond donors (Lipinski definition) is 0. The summed E-state index contributed by atoms with van der Waals surface area (Å²) >= 11 is 0.